The van der Waals surface area contributed by atoms with Gasteiger partial charge in [0.15, 0.2) is 0 Å². The maximum atomic E-state index is 14.5. The Morgan fingerprint density at radius 3 is 2.86 bits per heavy atom. The van der Waals surface area contributed by atoms with E-state index in [1.807, 2.05) is 13.0 Å². The normalized spacial score (nSPS) is 15.7. The molecule has 0 radical (unpaired) electrons. The minimum absolute atomic E-state index is 0.0514. The van der Waals surface area contributed by atoms with E-state index in [0.717, 1.165) is 23.2 Å². The molecule has 0 aliphatic carbocycles. The van der Waals surface area contributed by atoms with Gasteiger partial charge in [-0.2, -0.15) is 0 Å². The third-order valence-corrected chi connectivity index (χ3v) is 4.87. The van der Waals surface area contributed by atoms with Gasteiger partial charge in [0.1, 0.15) is 40.6 Å². The van der Waals surface area contributed by atoms with Gasteiger partial charge in [-0.25, -0.2) is 13.8 Å². The Hall–Kier alpha value is -3.16. The van der Waals surface area contributed by atoms with Gasteiger partial charge in [-0.3, -0.25) is 4.79 Å². The molecule has 1 aromatic heterocycles. The number of benzene rings is 2. The number of aryl methyl sites for hydroxylation is 1. The number of halogens is 2. The lowest BCUT2D eigenvalue weighted by Crippen LogP contribution is -2.23. The molecule has 152 valence electrons. The van der Waals surface area contributed by atoms with Crippen LogP contribution in [-0.2, 0) is 11.2 Å². The molecule has 0 saturated heterocycles. The summed E-state index contributed by atoms with van der Waals surface area (Å²) < 4.78 is 39.6. The van der Waals surface area contributed by atoms with Crippen LogP contribution in [0.4, 0.5) is 8.78 Å². The number of hydrogen-bond acceptors (Lipinski definition) is 4. The minimum atomic E-state index is -0.710. The number of H-pyrrole nitrogens is 1. The monoisotopic (exact) mass is 401 g/mol. The van der Waals surface area contributed by atoms with E-state index in [1.54, 1.807) is 20.2 Å². The molecule has 1 aliphatic heterocycles. The van der Waals surface area contributed by atoms with Crippen LogP contribution in [0.3, 0.4) is 0 Å². The van der Waals surface area contributed by atoms with Crippen LogP contribution in [0.15, 0.2) is 24.3 Å². The number of ether oxygens (including phenoxy) is 2. The van der Waals surface area contributed by atoms with Gasteiger partial charge in [0.25, 0.3) is 0 Å². The van der Waals surface area contributed by atoms with E-state index in [9.17, 15) is 13.6 Å². The Morgan fingerprint density at radius 1 is 1.31 bits per heavy atom. The lowest BCUT2D eigenvalue weighted by Gasteiger charge is -2.27. The summed E-state index contributed by atoms with van der Waals surface area (Å²) in [5, 5.41) is 0. The van der Waals surface area contributed by atoms with Gasteiger partial charge in [-0.15, -0.1) is 0 Å². The average molecular weight is 401 g/mol. The van der Waals surface area contributed by atoms with Crippen molar-refractivity contribution < 1.29 is 23.0 Å². The van der Waals surface area contributed by atoms with Crippen molar-refractivity contribution in [2.75, 3.05) is 20.7 Å². The molecule has 4 rings (SSSR count). The first kappa shape index (κ1) is 19.2. The number of carbonyl (C=O) groups excluding carboxylic acids is 1. The highest BCUT2D eigenvalue weighted by Gasteiger charge is 2.29. The number of aromatic nitrogens is 2. The summed E-state index contributed by atoms with van der Waals surface area (Å²) in [4.78, 5) is 21.3. The molecule has 0 spiro atoms. The first-order chi connectivity index (χ1) is 13.8. The number of amides is 1. The number of fused-ring (bicyclic) bond motifs is 2. The Bertz CT molecular complexity index is 1090. The predicted molar refractivity (Wildman–Crippen MR) is 103 cm³/mol. The van der Waals surface area contributed by atoms with Gasteiger partial charge in [-0.1, -0.05) is 0 Å². The maximum absolute atomic E-state index is 14.5. The van der Waals surface area contributed by atoms with Crippen molar-refractivity contribution in [1.29, 1.82) is 0 Å². The van der Waals surface area contributed by atoms with Crippen molar-refractivity contribution in [3.8, 4) is 11.5 Å². The molecule has 0 bridgehead atoms. The number of likely N-dealkylation sites (N-methyl/N-ethyl adjacent to an activating group) is 1. The molecular weight excluding hydrogens is 380 g/mol. The van der Waals surface area contributed by atoms with Crippen LogP contribution in [-0.4, -0.2) is 41.5 Å². The fraction of sp³-hybridized carbons (Fsp3) is 0.333. The molecule has 2 heterocycles. The fourth-order valence-electron chi connectivity index (χ4n) is 3.48. The number of carbonyl (C=O) groups is 1. The molecular formula is C21H21F2N3O3. The molecule has 2 aromatic carbocycles. The maximum Gasteiger partial charge on any atom is 0.226 e. The van der Waals surface area contributed by atoms with Crippen LogP contribution in [0.1, 0.15) is 29.5 Å². The summed E-state index contributed by atoms with van der Waals surface area (Å²) >= 11 is 0. The van der Waals surface area contributed by atoms with Crippen LogP contribution in [0.25, 0.3) is 11.0 Å². The lowest BCUT2D eigenvalue weighted by molar-refractivity contribution is -0.127. The van der Waals surface area contributed by atoms with E-state index in [0.29, 0.717) is 23.5 Å². The Morgan fingerprint density at radius 2 is 2.10 bits per heavy atom. The molecule has 3 aromatic rings. The van der Waals surface area contributed by atoms with Gasteiger partial charge in [0.05, 0.1) is 24.1 Å². The largest absolute Gasteiger partial charge is 0.493 e. The van der Waals surface area contributed by atoms with Crippen molar-refractivity contribution in [2.45, 2.75) is 25.9 Å². The Balaban J connectivity index is 1.74. The van der Waals surface area contributed by atoms with Gasteiger partial charge < -0.3 is 19.4 Å². The fourth-order valence-corrected chi connectivity index (χ4v) is 3.48. The van der Waals surface area contributed by atoms with E-state index in [2.05, 4.69) is 9.97 Å². The second kappa shape index (κ2) is 7.35. The van der Waals surface area contributed by atoms with Gasteiger partial charge in [0, 0.05) is 32.6 Å². The summed E-state index contributed by atoms with van der Waals surface area (Å²) in [6.07, 6.45) is -0.0536. The number of nitrogens with zero attached hydrogens (tertiary/aromatic N) is 2. The number of aromatic amines is 1. The summed E-state index contributed by atoms with van der Waals surface area (Å²) in [6.45, 7) is 2.10. The van der Waals surface area contributed by atoms with Crippen LogP contribution in [0.2, 0.25) is 0 Å². The molecule has 0 unspecified atom stereocenters. The summed E-state index contributed by atoms with van der Waals surface area (Å²) in [6, 6.07) is 5.59. The minimum Gasteiger partial charge on any atom is -0.493 e. The highest BCUT2D eigenvalue weighted by Crippen LogP contribution is 2.39. The number of rotatable bonds is 4. The predicted octanol–water partition coefficient (Wildman–Crippen LogP) is 3.68. The van der Waals surface area contributed by atoms with E-state index in [-0.39, 0.29) is 30.2 Å². The molecule has 8 heteroatoms. The van der Waals surface area contributed by atoms with Crippen LogP contribution < -0.4 is 9.47 Å². The highest BCUT2D eigenvalue weighted by atomic mass is 19.1. The standard InChI is InChI=1S/C21H21F2N3O3/c1-11-24-15-6-12(8-19(27)26(2)3)7-18(21(15)25-11)29-16-4-5-28-17-10-13(22)9-14(23)20(16)17/h6-7,9-10,16H,4-5,8H2,1-3H3,(H,24,25)/t16-/m0/s1. The van der Waals surface area contributed by atoms with E-state index in [4.69, 9.17) is 9.47 Å². The van der Waals surface area contributed by atoms with E-state index in [1.165, 1.54) is 4.90 Å². The SMILES string of the molecule is Cc1nc2c(O[C@H]3CCOc4cc(F)cc(F)c43)cc(CC(=O)N(C)C)cc2[nH]1. The topological polar surface area (TPSA) is 67.5 Å². The quantitative estimate of drug-likeness (QED) is 0.724. The zero-order valence-electron chi connectivity index (χ0n) is 16.4. The summed E-state index contributed by atoms with van der Waals surface area (Å²) in [7, 11) is 3.39. The molecule has 1 atom stereocenters. The first-order valence-corrected chi connectivity index (χ1v) is 9.29. The van der Waals surface area contributed by atoms with Crippen LogP contribution in [0.5, 0.6) is 11.5 Å². The van der Waals surface area contributed by atoms with Crippen molar-refractivity contribution in [3.63, 3.8) is 0 Å². The lowest BCUT2D eigenvalue weighted by atomic mass is 10.0. The molecule has 1 N–H and O–H groups in total. The third-order valence-electron chi connectivity index (χ3n) is 4.87. The second-order valence-electron chi connectivity index (χ2n) is 7.32. The molecule has 0 fully saturated rings. The molecule has 1 amide bonds. The second-order valence-corrected chi connectivity index (χ2v) is 7.32. The van der Waals surface area contributed by atoms with Crippen molar-refractivity contribution in [1.82, 2.24) is 14.9 Å². The number of imidazole rings is 1. The molecule has 0 saturated carbocycles. The molecule has 6 nitrogen and oxygen atoms in total. The van der Waals surface area contributed by atoms with Crippen molar-refractivity contribution in [3.05, 3.63) is 52.9 Å². The van der Waals surface area contributed by atoms with Crippen LogP contribution >= 0.6 is 0 Å². The molecule has 1 aliphatic rings. The summed E-state index contributed by atoms with van der Waals surface area (Å²) in [5.74, 6) is -0.178. The summed E-state index contributed by atoms with van der Waals surface area (Å²) in [5.41, 5.74) is 2.27. The Labute approximate surface area is 166 Å². The van der Waals surface area contributed by atoms with E-state index < -0.39 is 17.7 Å². The number of nitrogens with one attached hydrogen (secondary N) is 1. The zero-order valence-corrected chi connectivity index (χ0v) is 16.4. The van der Waals surface area contributed by atoms with Crippen molar-refractivity contribution >= 4 is 16.9 Å². The molecule has 29 heavy (non-hydrogen) atoms. The van der Waals surface area contributed by atoms with Gasteiger partial charge in [0.2, 0.25) is 5.91 Å². The highest BCUT2D eigenvalue weighted by molar-refractivity contribution is 5.85. The smallest absolute Gasteiger partial charge is 0.226 e. The van der Waals surface area contributed by atoms with Crippen LogP contribution in [0, 0.1) is 18.6 Å². The third kappa shape index (κ3) is 3.74. The number of hydrogen-bond donors (Lipinski definition) is 1. The zero-order chi connectivity index (χ0) is 20.7. The van der Waals surface area contributed by atoms with Crippen molar-refractivity contribution in [2.24, 2.45) is 0 Å². The van der Waals surface area contributed by atoms with E-state index >= 15 is 0 Å². The average Bonchev–Trinajstić information content (AvgIpc) is 3.01. The van der Waals surface area contributed by atoms with Gasteiger partial charge >= 0.3 is 0 Å². The first-order valence-electron chi connectivity index (χ1n) is 9.29. The Kier molecular flexibility index (Phi) is 4.86. The van der Waals surface area contributed by atoms with Gasteiger partial charge in [-0.05, 0) is 24.6 Å².